The number of H-pyrrole nitrogens is 1. The number of nitrogens with one attached hydrogen (secondary N) is 2. The maximum Gasteiger partial charge on any atom is 0.189 e. The Morgan fingerprint density at radius 2 is 2.00 bits per heavy atom. The summed E-state index contributed by atoms with van der Waals surface area (Å²) in [5.41, 5.74) is 6.89. The van der Waals surface area contributed by atoms with Crippen LogP contribution in [-0.4, -0.2) is 34.3 Å². The molecule has 2 aromatic rings. The van der Waals surface area contributed by atoms with E-state index in [0.717, 1.165) is 11.3 Å². The maximum atomic E-state index is 5.97. The van der Waals surface area contributed by atoms with E-state index in [1.165, 1.54) is 32.1 Å². The Hall–Kier alpha value is -1.84. The van der Waals surface area contributed by atoms with Crippen LogP contribution < -0.4 is 15.8 Å². The van der Waals surface area contributed by atoms with Crippen LogP contribution in [0.3, 0.4) is 0 Å². The molecule has 8 heteroatoms. The Labute approximate surface area is 164 Å². The highest BCUT2D eigenvalue weighted by Crippen LogP contribution is 2.19. The Morgan fingerprint density at radius 3 is 2.68 bits per heavy atom. The van der Waals surface area contributed by atoms with Gasteiger partial charge in [-0.25, -0.2) is 9.98 Å². The number of benzene rings is 1. The minimum Gasteiger partial charge on any atom is -0.497 e. The van der Waals surface area contributed by atoms with E-state index in [1.54, 1.807) is 7.11 Å². The highest BCUT2D eigenvalue weighted by atomic mass is 127. The van der Waals surface area contributed by atoms with Crippen LogP contribution >= 0.6 is 24.0 Å². The minimum absolute atomic E-state index is 0. The van der Waals surface area contributed by atoms with Crippen molar-refractivity contribution in [3.8, 4) is 17.1 Å². The first-order valence-corrected chi connectivity index (χ1v) is 8.37. The average molecular weight is 456 g/mol. The van der Waals surface area contributed by atoms with Gasteiger partial charge in [-0.2, -0.15) is 5.10 Å². The van der Waals surface area contributed by atoms with Crippen molar-refractivity contribution < 1.29 is 4.74 Å². The number of halogens is 1. The molecule has 1 fully saturated rings. The van der Waals surface area contributed by atoms with Crippen molar-refractivity contribution in [3.05, 3.63) is 30.1 Å². The fraction of sp³-hybridized carbons (Fsp3) is 0.471. The molecule has 0 radical (unpaired) electrons. The predicted molar refractivity (Wildman–Crippen MR) is 109 cm³/mol. The van der Waals surface area contributed by atoms with Crippen molar-refractivity contribution in [3.63, 3.8) is 0 Å². The smallest absolute Gasteiger partial charge is 0.189 e. The quantitative estimate of drug-likeness (QED) is 0.365. The molecule has 1 aromatic carbocycles. The summed E-state index contributed by atoms with van der Waals surface area (Å²) in [4.78, 5) is 8.81. The molecule has 1 aromatic heterocycles. The number of aliphatic imine (C=N–C) groups is 1. The molecule has 7 nitrogen and oxygen atoms in total. The molecular formula is C17H25IN6O. The molecule has 1 aliphatic carbocycles. The Bertz CT molecular complexity index is 679. The molecule has 1 aliphatic rings. The molecule has 136 valence electrons. The summed E-state index contributed by atoms with van der Waals surface area (Å²) < 4.78 is 5.15. The third-order valence-electron chi connectivity index (χ3n) is 4.24. The van der Waals surface area contributed by atoms with Gasteiger partial charge < -0.3 is 15.8 Å². The molecule has 0 unspecified atom stereocenters. The molecule has 0 saturated heterocycles. The lowest BCUT2D eigenvalue weighted by Gasteiger charge is -2.23. The number of rotatable bonds is 5. The molecule has 4 N–H and O–H groups in total. The summed E-state index contributed by atoms with van der Waals surface area (Å²) in [6.07, 6.45) is 6.18. The number of methoxy groups -OCH3 is 1. The van der Waals surface area contributed by atoms with E-state index in [2.05, 4.69) is 25.5 Å². The molecule has 0 amide bonds. The molecule has 0 spiro atoms. The Balaban J connectivity index is 0.00000225. The number of hydrogen-bond donors (Lipinski definition) is 3. The van der Waals surface area contributed by atoms with E-state index < -0.39 is 0 Å². The molecule has 3 rings (SSSR count). The zero-order chi connectivity index (χ0) is 16.8. The lowest BCUT2D eigenvalue weighted by atomic mass is 9.96. The van der Waals surface area contributed by atoms with Gasteiger partial charge in [-0.3, -0.25) is 5.10 Å². The van der Waals surface area contributed by atoms with Crippen molar-refractivity contribution in [2.24, 2.45) is 10.7 Å². The monoisotopic (exact) mass is 456 g/mol. The van der Waals surface area contributed by atoms with E-state index in [4.69, 9.17) is 10.5 Å². The van der Waals surface area contributed by atoms with E-state index in [-0.39, 0.29) is 24.0 Å². The molecule has 0 aliphatic heterocycles. The van der Waals surface area contributed by atoms with Gasteiger partial charge in [0.1, 0.15) is 18.1 Å². The van der Waals surface area contributed by atoms with Crippen LogP contribution in [0.5, 0.6) is 5.75 Å². The van der Waals surface area contributed by atoms with Gasteiger partial charge in [0.25, 0.3) is 0 Å². The SMILES string of the molecule is COc1ccc(-c2n[nH]c(CN=C(N)NC3CCCCC3)n2)cc1.I. The molecular weight excluding hydrogens is 431 g/mol. The summed E-state index contributed by atoms with van der Waals surface area (Å²) in [5.74, 6) is 2.61. The third-order valence-corrected chi connectivity index (χ3v) is 4.24. The average Bonchev–Trinajstić information content (AvgIpc) is 3.10. The van der Waals surface area contributed by atoms with Crippen LogP contribution in [0.1, 0.15) is 37.9 Å². The summed E-state index contributed by atoms with van der Waals surface area (Å²) in [6.45, 7) is 0.384. The van der Waals surface area contributed by atoms with Gasteiger partial charge in [-0.15, -0.1) is 24.0 Å². The van der Waals surface area contributed by atoms with E-state index >= 15 is 0 Å². The minimum atomic E-state index is 0. The van der Waals surface area contributed by atoms with E-state index in [0.29, 0.717) is 30.2 Å². The van der Waals surface area contributed by atoms with Crippen LogP contribution in [-0.2, 0) is 6.54 Å². The topological polar surface area (TPSA) is 101 Å². The van der Waals surface area contributed by atoms with Crippen LogP contribution in [0, 0.1) is 0 Å². The molecule has 1 saturated carbocycles. The van der Waals surface area contributed by atoms with Crippen LogP contribution in [0.15, 0.2) is 29.3 Å². The fourth-order valence-electron chi connectivity index (χ4n) is 2.90. The summed E-state index contributed by atoms with van der Waals surface area (Å²) in [7, 11) is 1.64. The van der Waals surface area contributed by atoms with Crippen molar-refractivity contribution in [2.45, 2.75) is 44.7 Å². The van der Waals surface area contributed by atoms with Gasteiger partial charge in [-0.05, 0) is 37.1 Å². The van der Waals surface area contributed by atoms with Crippen LogP contribution in [0.2, 0.25) is 0 Å². The first kappa shape index (κ1) is 19.5. The second-order valence-electron chi connectivity index (χ2n) is 6.01. The van der Waals surface area contributed by atoms with Crippen LogP contribution in [0.4, 0.5) is 0 Å². The zero-order valence-corrected chi connectivity index (χ0v) is 16.7. The van der Waals surface area contributed by atoms with Gasteiger partial charge in [0.2, 0.25) is 0 Å². The third kappa shape index (κ3) is 5.58. The number of aromatic nitrogens is 3. The Morgan fingerprint density at radius 1 is 1.28 bits per heavy atom. The predicted octanol–water partition coefficient (Wildman–Crippen LogP) is 2.84. The number of guanidine groups is 1. The standard InChI is InChI=1S/C17H24N6O.HI/c1-24-14-9-7-12(8-10-14)16-21-15(22-23-16)11-19-17(18)20-13-5-3-2-4-6-13;/h7-10,13H,2-6,11H2,1H3,(H3,18,19,20)(H,21,22,23);1H. The van der Waals surface area contributed by atoms with Gasteiger partial charge in [0.15, 0.2) is 11.8 Å². The van der Waals surface area contributed by atoms with Crippen molar-refractivity contribution in [1.82, 2.24) is 20.5 Å². The lowest BCUT2D eigenvalue weighted by Crippen LogP contribution is -2.41. The molecule has 25 heavy (non-hydrogen) atoms. The first-order valence-electron chi connectivity index (χ1n) is 8.37. The maximum absolute atomic E-state index is 5.97. The first-order chi connectivity index (χ1) is 11.7. The van der Waals surface area contributed by atoms with Crippen molar-refractivity contribution in [1.29, 1.82) is 0 Å². The number of aromatic amines is 1. The fourth-order valence-corrected chi connectivity index (χ4v) is 2.90. The largest absolute Gasteiger partial charge is 0.497 e. The number of hydrogen-bond acceptors (Lipinski definition) is 4. The highest BCUT2D eigenvalue weighted by Gasteiger charge is 2.13. The lowest BCUT2D eigenvalue weighted by molar-refractivity contribution is 0.412. The van der Waals surface area contributed by atoms with Gasteiger partial charge in [0.05, 0.1) is 7.11 Å². The number of nitrogens with two attached hydrogens (primary N) is 1. The molecule has 1 heterocycles. The summed E-state index contributed by atoms with van der Waals surface area (Å²) in [6, 6.07) is 8.07. The highest BCUT2D eigenvalue weighted by molar-refractivity contribution is 14.0. The number of nitrogens with zero attached hydrogens (tertiary/aromatic N) is 3. The second kappa shape index (κ2) is 9.59. The van der Waals surface area contributed by atoms with Gasteiger partial charge >= 0.3 is 0 Å². The normalized spacial score (nSPS) is 15.5. The second-order valence-corrected chi connectivity index (χ2v) is 6.01. The summed E-state index contributed by atoms with van der Waals surface area (Å²) in [5, 5.41) is 10.4. The van der Waals surface area contributed by atoms with Crippen molar-refractivity contribution >= 4 is 29.9 Å². The van der Waals surface area contributed by atoms with Crippen molar-refractivity contribution in [2.75, 3.05) is 7.11 Å². The number of ether oxygens (including phenoxy) is 1. The van der Waals surface area contributed by atoms with Gasteiger partial charge in [0, 0.05) is 11.6 Å². The van der Waals surface area contributed by atoms with E-state index in [9.17, 15) is 0 Å². The molecule has 0 bridgehead atoms. The molecule has 0 atom stereocenters. The van der Waals surface area contributed by atoms with E-state index in [1.807, 2.05) is 24.3 Å². The zero-order valence-electron chi connectivity index (χ0n) is 14.4. The van der Waals surface area contributed by atoms with Gasteiger partial charge in [-0.1, -0.05) is 19.3 Å². The van der Waals surface area contributed by atoms with Crippen LogP contribution in [0.25, 0.3) is 11.4 Å². The Kier molecular flexibility index (Phi) is 7.48. The summed E-state index contributed by atoms with van der Waals surface area (Å²) >= 11 is 0.